The number of carbonyl (C=O) groups is 2. The minimum absolute atomic E-state index is 0.0498. The maximum absolute atomic E-state index is 11.1. The first-order valence-electron chi connectivity index (χ1n) is 4.16. The lowest BCUT2D eigenvalue weighted by atomic mass is 10.1. The summed E-state index contributed by atoms with van der Waals surface area (Å²) in [6.45, 7) is 1.50. The molecule has 0 aliphatic carbocycles. The molecule has 14 heavy (non-hydrogen) atoms. The molecule has 0 radical (unpaired) electrons. The van der Waals surface area contributed by atoms with Gasteiger partial charge in [0.15, 0.2) is 0 Å². The van der Waals surface area contributed by atoms with Crippen LogP contribution in [0, 0.1) is 0 Å². The topological polar surface area (TPSA) is 77.8 Å². The molecule has 0 bridgehead atoms. The van der Waals surface area contributed by atoms with Crippen molar-refractivity contribution >= 4 is 23.6 Å². The fourth-order valence-electron chi connectivity index (χ4n) is 1.58. The number of nitrogens with zero attached hydrogens (tertiary/aromatic N) is 1. The van der Waals surface area contributed by atoms with Gasteiger partial charge in [-0.15, -0.1) is 0 Å². The maximum Gasteiger partial charge on any atom is 0.353 e. The standard InChI is InChI=1S/C8H9NO4S/c1-3(10)7-6(8(12)13)9-4(11)2-5(9)14-7/h3,5,10H,2H2,1H3,(H,12,13). The molecule has 2 N–H and O–H groups in total. The summed E-state index contributed by atoms with van der Waals surface area (Å²) in [6, 6.07) is 0. The van der Waals surface area contributed by atoms with Crippen LogP contribution in [0.2, 0.25) is 0 Å². The second kappa shape index (κ2) is 2.99. The van der Waals surface area contributed by atoms with Crippen molar-refractivity contribution in [3.05, 3.63) is 10.6 Å². The van der Waals surface area contributed by atoms with Crippen LogP contribution in [-0.2, 0) is 9.59 Å². The molecule has 0 aromatic heterocycles. The third-order valence-electron chi connectivity index (χ3n) is 2.23. The summed E-state index contributed by atoms with van der Waals surface area (Å²) in [4.78, 5) is 23.6. The number of carboxylic acid groups (broad SMARTS) is 1. The van der Waals surface area contributed by atoms with E-state index >= 15 is 0 Å². The zero-order chi connectivity index (χ0) is 10.5. The average molecular weight is 215 g/mol. The van der Waals surface area contributed by atoms with E-state index in [0.29, 0.717) is 11.3 Å². The lowest BCUT2D eigenvalue weighted by Crippen LogP contribution is -2.48. The van der Waals surface area contributed by atoms with Crippen LogP contribution in [-0.4, -0.2) is 38.5 Å². The second-order valence-corrected chi connectivity index (χ2v) is 4.45. The smallest absolute Gasteiger partial charge is 0.353 e. The van der Waals surface area contributed by atoms with Crippen LogP contribution < -0.4 is 0 Å². The Morgan fingerprint density at radius 3 is 2.79 bits per heavy atom. The third kappa shape index (κ3) is 1.14. The highest BCUT2D eigenvalue weighted by molar-refractivity contribution is 8.04. The summed E-state index contributed by atoms with van der Waals surface area (Å²) in [6.07, 6.45) is -0.470. The van der Waals surface area contributed by atoms with E-state index in [1.54, 1.807) is 0 Å². The number of β-lactam (4-membered cyclic amide) rings is 1. The Balaban J connectivity index is 2.38. The molecule has 6 heteroatoms. The summed E-state index contributed by atoms with van der Waals surface area (Å²) in [5, 5.41) is 18.1. The lowest BCUT2D eigenvalue weighted by Gasteiger charge is -2.33. The van der Waals surface area contributed by atoms with Gasteiger partial charge in [-0.1, -0.05) is 11.8 Å². The first kappa shape index (κ1) is 9.54. The first-order chi connectivity index (χ1) is 6.52. The number of hydrogen-bond acceptors (Lipinski definition) is 4. The molecular weight excluding hydrogens is 206 g/mol. The van der Waals surface area contributed by atoms with Gasteiger partial charge in [0.25, 0.3) is 0 Å². The number of rotatable bonds is 2. The van der Waals surface area contributed by atoms with E-state index in [2.05, 4.69) is 0 Å². The zero-order valence-corrected chi connectivity index (χ0v) is 8.24. The SMILES string of the molecule is CC(O)C1=C(C(=O)O)N2C(=O)CC2S1. The number of amides is 1. The molecule has 2 heterocycles. The second-order valence-electron chi connectivity index (χ2n) is 3.23. The predicted octanol–water partition coefficient (Wildman–Crippen LogP) is -0.0314. The first-order valence-corrected chi connectivity index (χ1v) is 5.04. The van der Waals surface area contributed by atoms with E-state index in [1.165, 1.54) is 23.6 Å². The molecule has 0 aromatic rings. The van der Waals surface area contributed by atoms with Crippen LogP contribution in [0.25, 0.3) is 0 Å². The Kier molecular flexibility index (Phi) is 2.04. The summed E-state index contributed by atoms with van der Waals surface area (Å²) in [5.74, 6) is -1.33. The molecule has 76 valence electrons. The van der Waals surface area contributed by atoms with E-state index in [9.17, 15) is 14.7 Å². The van der Waals surface area contributed by atoms with Crippen molar-refractivity contribution in [3.63, 3.8) is 0 Å². The fourth-order valence-corrected chi connectivity index (χ4v) is 2.92. The number of thioether (sulfide) groups is 1. The molecule has 0 aromatic carbocycles. The normalized spacial score (nSPS) is 27.4. The number of carbonyl (C=O) groups excluding carboxylic acids is 1. The fraction of sp³-hybridized carbons (Fsp3) is 0.500. The van der Waals surface area contributed by atoms with Gasteiger partial charge in [-0.2, -0.15) is 0 Å². The molecule has 2 unspecified atom stereocenters. The van der Waals surface area contributed by atoms with Gasteiger partial charge in [0, 0.05) is 4.91 Å². The molecule has 2 atom stereocenters. The molecule has 1 fully saturated rings. The van der Waals surface area contributed by atoms with Gasteiger partial charge in [-0.05, 0) is 6.92 Å². The van der Waals surface area contributed by atoms with Crippen LogP contribution in [0.5, 0.6) is 0 Å². The minimum atomic E-state index is -1.15. The van der Waals surface area contributed by atoms with Gasteiger partial charge in [-0.25, -0.2) is 4.79 Å². The highest BCUT2D eigenvalue weighted by Gasteiger charge is 2.49. The van der Waals surface area contributed by atoms with Gasteiger partial charge < -0.3 is 10.2 Å². The minimum Gasteiger partial charge on any atom is -0.477 e. The highest BCUT2D eigenvalue weighted by Crippen LogP contribution is 2.47. The van der Waals surface area contributed by atoms with E-state index in [0.717, 1.165) is 0 Å². The Hall–Kier alpha value is -1.01. The van der Waals surface area contributed by atoms with Crippen molar-refractivity contribution in [2.75, 3.05) is 0 Å². The van der Waals surface area contributed by atoms with Gasteiger partial charge >= 0.3 is 5.97 Å². The van der Waals surface area contributed by atoms with E-state index in [4.69, 9.17) is 5.11 Å². The average Bonchev–Trinajstić information content (AvgIpc) is 2.37. The van der Waals surface area contributed by atoms with Crippen LogP contribution in [0.15, 0.2) is 10.6 Å². The van der Waals surface area contributed by atoms with Gasteiger partial charge in [0.05, 0.1) is 17.9 Å². The number of aliphatic carboxylic acids is 1. The summed E-state index contributed by atoms with van der Waals surface area (Å²) >= 11 is 1.26. The van der Waals surface area contributed by atoms with Crippen molar-refractivity contribution < 1.29 is 19.8 Å². The summed E-state index contributed by atoms with van der Waals surface area (Å²) in [5.41, 5.74) is -0.0498. The van der Waals surface area contributed by atoms with Crippen LogP contribution in [0.4, 0.5) is 0 Å². The number of hydrogen-bond donors (Lipinski definition) is 2. The predicted molar refractivity (Wildman–Crippen MR) is 49.2 cm³/mol. The van der Waals surface area contributed by atoms with Crippen molar-refractivity contribution in [1.82, 2.24) is 4.90 Å². The quantitative estimate of drug-likeness (QED) is 0.632. The molecule has 1 saturated heterocycles. The third-order valence-corrected chi connectivity index (χ3v) is 3.66. The van der Waals surface area contributed by atoms with Gasteiger partial charge in [0.1, 0.15) is 5.70 Å². The highest BCUT2D eigenvalue weighted by atomic mass is 32.2. The molecule has 0 saturated carbocycles. The Morgan fingerprint density at radius 1 is 1.71 bits per heavy atom. The molecule has 0 spiro atoms. The number of carboxylic acids is 1. The van der Waals surface area contributed by atoms with Crippen LogP contribution >= 0.6 is 11.8 Å². The van der Waals surface area contributed by atoms with E-state index in [-0.39, 0.29) is 17.0 Å². The summed E-state index contributed by atoms with van der Waals surface area (Å²) < 4.78 is 0. The number of aliphatic hydroxyl groups excluding tert-OH is 1. The van der Waals surface area contributed by atoms with Crippen molar-refractivity contribution in [1.29, 1.82) is 0 Å². The summed E-state index contributed by atoms with van der Waals surface area (Å²) in [7, 11) is 0. The van der Waals surface area contributed by atoms with Crippen molar-refractivity contribution in [3.8, 4) is 0 Å². The van der Waals surface area contributed by atoms with E-state index < -0.39 is 12.1 Å². The number of fused-ring (bicyclic) bond motifs is 1. The van der Waals surface area contributed by atoms with E-state index in [1.807, 2.05) is 0 Å². The van der Waals surface area contributed by atoms with Crippen molar-refractivity contribution in [2.24, 2.45) is 0 Å². The lowest BCUT2D eigenvalue weighted by molar-refractivity contribution is -0.145. The molecule has 5 nitrogen and oxygen atoms in total. The Bertz CT molecular complexity index is 349. The Morgan fingerprint density at radius 2 is 2.36 bits per heavy atom. The van der Waals surface area contributed by atoms with Gasteiger partial charge in [0.2, 0.25) is 5.91 Å². The monoisotopic (exact) mass is 215 g/mol. The Labute approximate surface area is 84.4 Å². The molecule has 2 aliphatic heterocycles. The molecule has 1 amide bonds. The number of aliphatic hydroxyl groups is 1. The van der Waals surface area contributed by atoms with Crippen LogP contribution in [0.3, 0.4) is 0 Å². The van der Waals surface area contributed by atoms with Gasteiger partial charge in [-0.3, -0.25) is 9.69 Å². The largest absolute Gasteiger partial charge is 0.477 e. The molecule has 2 aliphatic rings. The van der Waals surface area contributed by atoms with Crippen molar-refractivity contribution in [2.45, 2.75) is 24.8 Å². The molecular formula is C8H9NO4S. The van der Waals surface area contributed by atoms with Crippen LogP contribution in [0.1, 0.15) is 13.3 Å². The molecule has 2 rings (SSSR count). The maximum atomic E-state index is 11.1. The zero-order valence-electron chi connectivity index (χ0n) is 7.43.